The third kappa shape index (κ3) is 7.38. The molecule has 0 radical (unpaired) electrons. The summed E-state index contributed by atoms with van der Waals surface area (Å²) in [7, 11) is 0. The first-order valence-electron chi connectivity index (χ1n) is 12.3. The number of aryl methyl sites for hydroxylation is 1. The maximum atomic E-state index is 13.9. The maximum Gasteiger partial charge on any atom is 0.418 e. The highest BCUT2D eigenvalue weighted by molar-refractivity contribution is 8.00. The average molecular weight is 531 g/mol. The van der Waals surface area contributed by atoms with Crippen LogP contribution in [0.25, 0.3) is 11.3 Å². The van der Waals surface area contributed by atoms with Crippen molar-refractivity contribution in [1.29, 1.82) is 0 Å². The normalized spacial score (nSPS) is 15.2. The van der Waals surface area contributed by atoms with Crippen LogP contribution in [0.5, 0.6) is 0 Å². The smallest absolute Gasteiger partial charge is 0.418 e. The molecule has 6 nitrogen and oxygen atoms in total. The molecule has 37 heavy (non-hydrogen) atoms. The second kappa shape index (κ2) is 12.3. The van der Waals surface area contributed by atoms with Gasteiger partial charge in [-0.25, -0.2) is 9.97 Å². The molecule has 0 spiro atoms. The number of aromatic nitrogens is 2. The van der Waals surface area contributed by atoms with Gasteiger partial charge in [-0.15, -0.1) is 0 Å². The number of nitrogens with zero attached hydrogens (tertiary/aromatic N) is 3. The Morgan fingerprint density at radius 2 is 1.76 bits per heavy atom. The topological polar surface area (TPSA) is 78.3 Å². The molecule has 0 saturated heterocycles. The summed E-state index contributed by atoms with van der Waals surface area (Å²) >= 11 is 1.15. The molecule has 0 atom stereocenters. The summed E-state index contributed by atoms with van der Waals surface area (Å²) in [4.78, 5) is 22.2. The molecule has 4 bridgehead atoms. The summed E-state index contributed by atoms with van der Waals surface area (Å²) in [5, 5.41) is 9.77. The lowest BCUT2D eigenvalue weighted by Gasteiger charge is -2.23. The van der Waals surface area contributed by atoms with Gasteiger partial charge in [0.15, 0.2) is 0 Å². The lowest BCUT2D eigenvalue weighted by atomic mass is 9.96. The van der Waals surface area contributed by atoms with Crippen molar-refractivity contribution in [3.8, 4) is 11.3 Å². The number of hydrogen-bond donors (Lipinski definition) is 2. The van der Waals surface area contributed by atoms with Crippen molar-refractivity contribution in [2.45, 2.75) is 56.1 Å². The van der Waals surface area contributed by atoms with E-state index in [0.29, 0.717) is 41.7 Å². The Bertz CT molecular complexity index is 1220. The number of rotatable bonds is 3. The van der Waals surface area contributed by atoms with Gasteiger partial charge in [0.25, 0.3) is 0 Å². The Morgan fingerprint density at radius 3 is 2.57 bits per heavy atom. The molecular formula is C27H29F3N4O2S. The molecule has 3 heterocycles. The van der Waals surface area contributed by atoms with Crippen molar-refractivity contribution in [2.24, 2.45) is 0 Å². The van der Waals surface area contributed by atoms with E-state index in [9.17, 15) is 23.1 Å². The SMILES string of the molecule is O=C(O)CCN1CCCCCCCc2ccccc2-c2nc(ccc2C(F)(F)F)NSc2cccc1n2. The Kier molecular flexibility index (Phi) is 8.91. The quantitative estimate of drug-likeness (QED) is 0.351. The average Bonchev–Trinajstić information content (AvgIpc) is 2.87. The molecule has 4 rings (SSSR count). The third-order valence-electron chi connectivity index (χ3n) is 6.24. The van der Waals surface area contributed by atoms with E-state index in [1.165, 1.54) is 6.07 Å². The highest BCUT2D eigenvalue weighted by Gasteiger charge is 2.35. The standard InChI is InChI=1S/C27H29F3N4O2S/c28-27(29,30)21-14-15-22-31-26(21)20-11-6-5-10-19(20)9-4-2-1-3-7-17-34(18-16-25(35)36)23-12-8-13-24(32-23)37-33-22/h5-6,8,10-15H,1-4,7,9,16-18H2,(H,31,33)(H,35,36). The summed E-state index contributed by atoms with van der Waals surface area (Å²) in [5.74, 6) is 0.0964. The summed E-state index contributed by atoms with van der Waals surface area (Å²) in [6.07, 6.45) is 0.820. The minimum absolute atomic E-state index is 0.00889. The zero-order chi connectivity index (χ0) is 26.3. The van der Waals surface area contributed by atoms with Gasteiger partial charge in [-0.05, 0) is 49.1 Å². The van der Waals surface area contributed by atoms with Crippen molar-refractivity contribution < 1.29 is 23.1 Å². The number of aliphatic carboxylic acids is 1. The van der Waals surface area contributed by atoms with Crippen LogP contribution in [-0.2, 0) is 17.4 Å². The van der Waals surface area contributed by atoms with Gasteiger partial charge in [0, 0.05) is 30.6 Å². The second-order valence-corrected chi connectivity index (χ2v) is 9.76. The number of alkyl halides is 3. The summed E-state index contributed by atoms with van der Waals surface area (Å²) in [6.45, 7) is 1.05. The highest BCUT2D eigenvalue weighted by Crippen LogP contribution is 2.38. The zero-order valence-electron chi connectivity index (χ0n) is 20.3. The molecule has 0 fully saturated rings. The first kappa shape index (κ1) is 26.8. The van der Waals surface area contributed by atoms with E-state index < -0.39 is 17.7 Å². The maximum absolute atomic E-state index is 13.9. The fourth-order valence-corrected chi connectivity index (χ4v) is 4.99. The number of carboxylic acids is 1. The fourth-order valence-electron chi connectivity index (χ4n) is 4.38. The number of pyridine rings is 2. The van der Waals surface area contributed by atoms with Crippen LogP contribution in [0.15, 0.2) is 59.6 Å². The minimum Gasteiger partial charge on any atom is -0.481 e. The Labute approximate surface area is 218 Å². The largest absolute Gasteiger partial charge is 0.481 e. The van der Waals surface area contributed by atoms with Crippen molar-refractivity contribution >= 4 is 29.6 Å². The van der Waals surface area contributed by atoms with Crippen LogP contribution in [0.4, 0.5) is 24.8 Å². The van der Waals surface area contributed by atoms with Gasteiger partial charge in [0.2, 0.25) is 0 Å². The molecule has 3 aromatic rings. The summed E-state index contributed by atoms with van der Waals surface area (Å²) < 4.78 is 44.8. The van der Waals surface area contributed by atoms with E-state index >= 15 is 0 Å². The molecule has 1 aliphatic heterocycles. The van der Waals surface area contributed by atoms with Gasteiger partial charge in [0.1, 0.15) is 16.7 Å². The second-order valence-electron chi connectivity index (χ2n) is 8.93. The number of hydrogen-bond acceptors (Lipinski definition) is 6. The van der Waals surface area contributed by atoms with Crippen molar-refractivity contribution in [2.75, 3.05) is 22.7 Å². The van der Waals surface area contributed by atoms with E-state index in [-0.39, 0.29) is 12.1 Å². The van der Waals surface area contributed by atoms with Gasteiger partial charge in [0.05, 0.1) is 17.7 Å². The van der Waals surface area contributed by atoms with Crippen LogP contribution in [0.2, 0.25) is 0 Å². The number of anilines is 2. The molecule has 0 amide bonds. The number of benzene rings is 1. The minimum atomic E-state index is -4.53. The molecule has 1 aliphatic rings. The van der Waals surface area contributed by atoms with Gasteiger partial charge >= 0.3 is 12.1 Å². The van der Waals surface area contributed by atoms with Crippen molar-refractivity contribution in [3.05, 3.63) is 65.7 Å². The molecule has 0 aliphatic carbocycles. The third-order valence-corrected chi connectivity index (χ3v) is 6.98. The predicted octanol–water partition coefficient (Wildman–Crippen LogP) is 7.07. The molecule has 1 aromatic carbocycles. The van der Waals surface area contributed by atoms with E-state index in [4.69, 9.17) is 0 Å². The van der Waals surface area contributed by atoms with Crippen LogP contribution in [-0.4, -0.2) is 34.1 Å². The molecule has 196 valence electrons. The van der Waals surface area contributed by atoms with Crippen LogP contribution < -0.4 is 9.62 Å². The number of fused-ring (bicyclic) bond motifs is 6. The molecular weight excluding hydrogens is 501 g/mol. The Morgan fingerprint density at radius 1 is 0.973 bits per heavy atom. The van der Waals surface area contributed by atoms with Crippen LogP contribution in [0.3, 0.4) is 0 Å². The van der Waals surface area contributed by atoms with E-state index in [2.05, 4.69) is 14.7 Å². The lowest BCUT2D eigenvalue weighted by molar-refractivity contribution is -0.138. The van der Waals surface area contributed by atoms with Gasteiger partial charge in [-0.2, -0.15) is 13.2 Å². The molecule has 10 heteroatoms. The first-order valence-corrected chi connectivity index (χ1v) is 13.2. The van der Waals surface area contributed by atoms with Crippen LogP contribution >= 0.6 is 11.9 Å². The highest BCUT2D eigenvalue weighted by atomic mass is 32.2. The fraction of sp³-hybridized carbons (Fsp3) is 0.370. The van der Waals surface area contributed by atoms with Crippen molar-refractivity contribution in [1.82, 2.24) is 9.97 Å². The van der Waals surface area contributed by atoms with E-state index in [1.54, 1.807) is 18.2 Å². The number of carboxylic acid groups (broad SMARTS) is 1. The number of carbonyl (C=O) groups is 1. The van der Waals surface area contributed by atoms with Crippen LogP contribution in [0.1, 0.15) is 49.7 Å². The van der Waals surface area contributed by atoms with Gasteiger partial charge in [-0.3, -0.25) is 4.79 Å². The predicted molar refractivity (Wildman–Crippen MR) is 140 cm³/mol. The van der Waals surface area contributed by atoms with Crippen LogP contribution in [0, 0.1) is 0 Å². The monoisotopic (exact) mass is 530 g/mol. The van der Waals surface area contributed by atoms with E-state index in [1.807, 2.05) is 29.2 Å². The first-order chi connectivity index (χ1) is 17.8. The lowest BCUT2D eigenvalue weighted by Crippen LogP contribution is -2.28. The number of nitrogens with one attached hydrogen (secondary N) is 1. The molecule has 0 saturated carbocycles. The van der Waals surface area contributed by atoms with E-state index in [0.717, 1.165) is 55.7 Å². The van der Waals surface area contributed by atoms with Crippen molar-refractivity contribution in [3.63, 3.8) is 0 Å². The zero-order valence-corrected chi connectivity index (χ0v) is 21.1. The summed E-state index contributed by atoms with van der Waals surface area (Å²) in [6, 6.07) is 15.0. The van der Waals surface area contributed by atoms with Gasteiger partial charge in [-0.1, -0.05) is 49.6 Å². The molecule has 2 aromatic heterocycles. The van der Waals surface area contributed by atoms with Gasteiger partial charge < -0.3 is 14.7 Å². The molecule has 0 unspecified atom stereocenters. The Balaban J connectivity index is 1.68. The number of halogens is 3. The summed E-state index contributed by atoms with van der Waals surface area (Å²) in [5.41, 5.74) is 0.495. The molecule has 2 N–H and O–H groups in total. The Hall–Kier alpha value is -3.27.